The summed E-state index contributed by atoms with van der Waals surface area (Å²) in [5.41, 5.74) is 2.07. The Labute approximate surface area is 154 Å². The number of sulfonamides is 1. The molecule has 0 aliphatic heterocycles. The van der Waals surface area contributed by atoms with Crippen LogP contribution in [0.2, 0.25) is 0 Å². The third-order valence-corrected chi connectivity index (χ3v) is 5.35. The molecule has 4 heterocycles. The molecule has 0 saturated carbocycles. The highest BCUT2D eigenvalue weighted by molar-refractivity contribution is 7.92. The first-order chi connectivity index (χ1) is 12.8. The van der Waals surface area contributed by atoms with Gasteiger partial charge in [-0.25, -0.2) is 13.4 Å². The number of rotatable bonds is 4. The predicted octanol–water partition coefficient (Wildman–Crippen LogP) is 1.36. The summed E-state index contributed by atoms with van der Waals surface area (Å²) in [4.78, 5) is 4.26. The van der Waals surface area contributed by atoms with Crippen LogP contribution in [0.5, 0.6) is 0 Å². The molecule has 11 heteroatoms. The lowest BCUT2D eigenvalue weighted by Crippen LogP contribution is -2.16. The topological polar surface area (TPSA) is 120 Å². The highest BCUT2D eigenvalue weighted by Gasteiger charge is 2.20. The van der Waals surface area contributed by atoms with E-state index in [-0.39, 0.29) is 10.7 Å². The van der Waals surface area contributed by atoms with Gasteiger partial charge < -0.3 is 0 Å². The molecule has 0 atom stereocenters. The average Bonchev–Trinajstić information content (AvgIpc) is 3.20. The summed E-state index contributed by atoms with van der Waals surface area (Å²) in [6.45, 7) is 3.62. The number of aryl methyl sites for hydroxylation is 3. The molecule has 1 N–H and O–H groups in total. The summed E-state index contributed by atoms with van der Waals surface area (Å²) in [6, 6.07) is 6.57. The monoisotopic (exact) mass is 384 g/mol. The van der Waals surface area contributed by atoms with Crippen molar-refractivity contribution < 1.29 is 8.42 Å². The Bertz CT molecular complexity index is 1240. The largest absolute Gasteiger partial charge is 0.264 e. The summed E-state index contributed by atoms with van der Waals surface area (Å²) in [5, 5.41) is 17.1. The minimum absolute atomic E-state index is 0.0360. The molecular weight excluding hydrogens is 368 g/mol. The molecule has 138 valence electrons. The molecule has 4 rings (SSSR count). The second-order valence-corrected chi connectivity index (χ2v) is 7.70. The van der Waals surface area contributed by atoms with E-state index in [1.807, 2.05) is 6.92 Å². The second-order valence-electron chi connectivity index (χ2n) is 6.02. The molecule has 0 saturated heterocycles. The zero-order valence-electron chi connectivity index (χ0n) is 14.8. The normalized spacial score (nSPS) is 11.8. The van der Waals surface area contributed by atoms with Crippen molar-refractivity contribution in [2.75, 3.05) is 4.72 Å². The van der Waals surface area contributed by atoms with E-state index >= 15 is 0 Å². The number of nitrogens with one attached hydrogen (secondary N) is 1. The van der Waals surface area contributed by atoms with E-state index in [4.69, 9.17) is 0 Å². The molecule has 0 aromatic carbocycles. The van der Waals surface area contributed by atoms with E-state index in [1.165, 1.54) is 17.1 Å². The van der Waals surface area contributed by atoms with E-state index in [0.29, 0.717) is 22.5 Å². The smallest absolute Gasteiger partial charge is 0.263 e. The number of aromatic nitrogens is 7. The van der Waals surface area contributed by atoms with Crippen molar-refractivity contribution in [3.05, 3.63) is 48.0 Å². The van der Waals surface area contributed by atoms with Crippen molar-refractivity contribution in [2.45, 2.75) is 18.7 Å². The van der Waals surface area contributed by atoms with Crippen molar-refractivity contribution in [3.8, 4) is 5.82 Å². The van der Waals surface area contributed by atoms with Gasteiger partial charge in [-0.3, -0.25) is 9.40 Å². The zero-order chi connectivity index (χ0) is 19.2. The molecule has 0 spiro atoms. The van der Waals surface area contributed by atoms with Crippen LogP contribution in [0.4, 0.5) is 5.82 Å². The maximum Gasteiger partial charge on any atom is 0.264 e. The summed E-state index contributed by atoms with van der Waals surface area (Å²) >= 11 is 0. The van der Waals surface area contributed by atoms with Gasteiger partial charge in [-0.05, 0) is 32.0 Å². The molecule has 10 nitrogen and oxygen atoms in total. The van der Waals surface area contributed by atoms with Crippen LogP contribution in [0, 0.1) is 13.8 Å². The van der Waals surface area contributed by atoms with Gasteiger partial charge in [0.15, 0.2) is 11.5 Å². The number of nitrogens with zero attached hydrogens (tertiary/aromatic N) is 7. The van der Waals surface area contributed by atoms with Gasteiger partial charge in [0.1, 0.15) is 10.7 Å². The van der Waals surface area contributed by atoms with Crippen LogP contribution in [-0.4, -0.2) is 43.2 Å². The molecule has 0 amide bonds. The van der Waals surface area contributed by atoms with Gasteiger partial charge in [-0.2, -0.15) is 20.0 Å². The van der Waals surface area contributed by atoms with E-state index in [9.17, 15) is 8.42 Å². The summed E-state index contributed by atoms with van der Waals surface area (Å²) in [5.74, 6) is 0.649. The van der Waals surface area contributed by atoms with Crippen LogP contribution in [0.1, 0.15) is 11.4 Å². The molecule has 27 heavy (non-hydrogen) atoms. The third kappa shape index (κ3) is 3.01. The predicted molar refractivity (Wildman–Crippen MR) is 97.9 cm³/mol. The van der Waals surface area contributed by atoms with Crippen LogP contribution < -0.4 is 4.72 Å². The number of pyridine rings is 1. The van der Waals surface area contributed by atoms with Crippen molar-refractivity contribution in [3.63, 3.8) is 0 Å². The standard InChI is InChI=1S/C16H16N8O2S/c1-10-4-5-14(20-19-10)24-15(6-7-18-24)22-27(25,26)12-8-13-11(2)21-23(3)16(13)17-9-12/h4-9,22H,1-3H3. The SMILES string of the molecule is Cc1ccc(-n2nccc2NS(=O)(=O)c2cnc3c(c2)c(C)nn3C)nn1. The summed E-state index contributed by atoms with van der Waals surface area (Å²) in [6.07, 6.45) is 2.78. The number of hydrogen-bond acceptors (Lipinski definition) is 7. The van der Waals surface area contributed by atoms with Gasteiger partial charge >= 0.3 is 0 Å². The third-order valence-electron chi connectivity index (χ3n) is 4.03. The van der Waals surface area contributed by atoms with Crippen molar-refractivity contribution in [1.82, 2.24) is 34.7 Å². The van der Waals surface area contributed by atoms with E-state index in [1.54, 1.807) is 42.9 Å². The van der Waals surface area contributed by atoms with E-state index in [2.05, 4.69) is 30.1 Å². The Hall–Kier alpha value is -3.34. The Kier molecular flexibility index (Phi) is 3.88. The lowest BCUT2D eigenvalue weighted by Gasteiger charge is -2.10. The minimum Gasteiger partial charge on any atom is -0.263 e. The van der Waals surface area contributed by atoms with Crippen molar-refractivity contribution >= 4 is 26.9 Å². The van der Waals surface area contributed by atoms with Gasteiger partial charge in [-0.15, -0.1) is 5.10 Å². The first-order valence-electron chi connectivity index (χ1n) is 8.02. The lowest BCUT2D eigenvalue weighted by atomic mass is 10.3. The highest BCUT2D eigenvalue weighted by atomic mass is 32.2. The second kappa shape index (κ2) is 6.13. The number of anilines is 1. The molecule has 0 fully saturated rings. The van der Waals surface area contributed by atoms with Crippen LogP contribution in [0.25, 0.3) is 16.9 Å². The number of hydrogen-bond donors (Lipinski definition) is 1. The van der Waals surface area contributed by atoms with E-state index in [0.717, 1.165) is 5.69 Å². The van der Waals surface area contributed by atoms with E-state index < -0.39 is 10.0 Å². The Balaban J connectivity index is 1.72. The minimum atomic E-state index is -3.88. The van der Waals surface area contributed by atoms with Crippen molar-refractivity contribution in [2.24, 2.45) is 7.05 Å². The van der Waals surface area contributed by atoms with Gasteiger partial charge in [0, 0.05) is 24.7 Å². The highest BCUT2D eigenvalue weighted by Crippen LogP contribution is 2.22. The quantitative estimate of drug-likeness (QED) is 0.564. The maximum atomic E-state index is 12.8. The Morgan fingerprint density at radius 2 is 1.93 bits per heavy atom. The first-order valence-corrected chi connectivity index (χ1v) is 9.50. The van der Waals surface area contributed by atoms with Crippen LogP contribution in [-0.2, 0) is 17.1 Å². The Morgan fingerprint density at radius 3 is 2.67 bits per heavy atom. The molecule has 0 aliphatic carbocycles. The summed E-state index contributed by atoms with van der Waals surface area (Å²) < 4.78 is 31.2. The summed E-state index contributed by atoms with van der Waals surface area (Å²) in [7, 11) is -2.12. The van der Waals surface area contributed by atoms with Crippen LogP contribution in [0.15, 0.2) is 41.6 Å². The molecule has 4 aromatic heterocycles. The fraction of sp³-hybridized carbons (Fsp3) is 0.188. The molecular formula is C16H16N8O2S. The van der Waals surface area contributed by atoms with Crippen LogP contribution >= 0.6 is 0 Å². The van der Waals surface area contributed by atoms with Gasteiger partial charge in [0.2, 0.25) is 0 Å². The van der Waals surface area contributed by atoms with Gasteiger partial charge in [-0.1, -0.05) is 0 Å². The molecule has 0 unspecified atom stereocenters. The van der Waals surface area contributed by atoms with Crippen molar-refractivity contribution in [1.29, 1.82) is 0 Å². The van der Waals surface area contributed by atoms with Crippen LogP contribution in [0.3, 0.4) is 0 Å². The van der Waals surface area contributed by atoms with Gasteiger partial charge in [0.05, 0.1) is 17.6 Å². The molecule has 4 aromatic rings. The maximum absolute atomic E-state index is 12.8. The lowest BCUT2D eigenvalue weighted by molar-refractivity contribution is 0.600. The number of fused-ring (bicyclic) bond motifs is 1. The fourth-order valence-corrected chi connectivity index (χ4v) is 3.71. The zero-order valence-corrected chi connectivity index (χ0v) is 15.6. The van der Waals surface area contributed by atoms with Gasteiger partial charge in [0.25, 0.3) is 10.0 Å². The molecule has 0 radical (unpaired) electrons. The fourth-order valence-electron chi connectivity index (χ4n) is 2.70. The Morgan fingerprint density at radius 1 is 1.11 bits per heavy atom. The average molecular weight is 384 g/mol. The first kappa shape index (κ1) is 17.1. The molecule has 0 aliphatic rings. The molecule has 0 bridgehead atoms.